The van der Waals surface area contributed by atoms with E-state index in [0.717, 1.165) is 19.8 Å². The molecule has 1 N–H and O–H groups in total. The molecule has 0 spiro atoms. The molecule has 0 radical (unpaired) electrons. The second-order valence-electron chi connectivity index (χ2n) is 7.54. The van der Waals surface area contributed by atoms with Crippen LogP contribution >= 0.6 is 0 Å². The third kappa shape index (κ3) is 25.8. The Kier molecular flexibility index (Phi) is 25.7. The zero-order valence-electron chi connectivity index (χ0n) is 18.6. The van der Waals surface area contributed by atoms with E-state index in [1.165, 1.54) is 89.9 Å². The van der Waals surface area contributed by atoms with Crippen molar-refractivity contribution in [3.05, 3.63) is 0 Å². The molecule has 0 rings (SSSR count). The van der Waals surface area contributed by atoms with Crippen LogP contribution in [0.2, 0.25) is 0 Å². The van der Waals surface area contributed by atoms with Gasteiger partial charge in [-0.25, -0.2) is 0 Å². The molecule has 0 aromatic carbocycles. The van der Waals surface area contributed by atoms with E-state index in [1.54, 1.807) is 0 Å². The number of unbranched alkanes of at least 4 members (excludes halogenated alkanes) is 13. The molecule has 0 aliphatic rings. The fourth-order valence-corrected chi connectivity index (χ4v) is 3.11. The van der Waals surface area contributed by atoms with Crippen molar-refractivity contribution >= 4 is 0 Å². The molecule has 0 aliphatic heterocycles. The van der Waals surface area contributed by atoms with Gasteiger partial charge in [0.1, 0.15) is 0 Å². The van der Waals surface area contributed by atoms with Crippen LogP contribution in [0.5, 0.6) is 0 Å². The smallest absolute Gasteiger partial charge is 0.0701 e. The zero-order chi connectivity index (χ0) is 19.7. The fourth-order valence-electron chi connectivity index (χ4n) is 3.11. The van der Waals surface area contributed by atoms with Crippen molar-refractivity contribution < 1.29 is 14.2 Å². The molecule has 0 aromatic rings. The molecule has 27 heavy (non-hydrogen) atoms. The lowest BCUT2D eigenvalue weighted by molar-refractivity contribution is 0.0146. The second-order valence-corrected chi connectivity index (χ2v) is 7.54. The third-order valence-corrected chi connectivity index (χ3v) is 4.88. The maximum absolute atomic E-state index is 5.61. The molecule has 0 fully saturated rings. The topological polar surface area (TPSA) is 39.7 Å². The predicted octanol–water partition coefficient (Wildman–Crippen LogP) is 5.74. The Balaban J connectivity index is 2.95. The first-order chi connectivity index (χ1) is 13.4. The van der Waals surface area contributed by atoms with Crippen LogP contribution in [-0.2, 0) is 14.2 Å². The molecule has 0 aliphatic carbocycles. The summed E-state index contributed by atoms with van der Waals surface area (Å²) < 4.78 is 16.5. The van der Waals surface area contributed by atoms with Crippen molar-refractivity contribution in [2.45, 2.75) is 96.8 Å². The van der Waals surface area contributed by atoms with Gasteiger partial charge in [0, 0.05) is 13.2 Å². The van der Waals surface area contributed by atoms with Crippen LogP contribution in [-0.4, -0.2) is 53.2 Å². The monoisotopic (exact) mass is 387 g/mol. The minimum absolute atomic E-state index is 0.659. The summed E-state index contributed by atoms with van der Waals surface area (Å²) in [5.41, 5.74) is 0. The lowest BCUT2D eigenvalue weighted by atomic mass is 10.0. The highest BCUT2D eigenvalue weighted by molar-refractivity contribution is 4.49. The van der Waals surface area contributed by atoms with Gasteiger partial charge in [-0.2, -0.15) is 0 Å². The van der Waals surface area contributed by atoms with Gasteiger partial charge in [0.2, 0.25) is 0 Å². The summed E-state index contributed by atoms with van der Waals surface area (Å²) in [5, 5.41) is 3.05. The van der Waals surface area contributed by atoms with Gasteiger partial charge in [-0.3, -0.25) is 0 Å². The molecule has 0 saturated heterocycles. The third-order valence-electron chi connectivity index (χ3n) is 4.88. The number of likely N-dealkylation sites (N-methyl/N-ethyl adjacent to an activating group) is 1. The van der Waals surface area contributed by atoms with Crippen molar-refractivity contribution in [1.29, 1.82) is 0 Å². The molecular formula is C23H49NO3. The average Bonchev–Trinajstić information content (AvgIpc) is 2.68. The number of hydrogen-bond donors (Lipinski definition) is 1. The van der Waals surface area contributed by atoms with Gasteiger partial charge < -0.3 is 19.5 Å². The van der Waals surface area contributed by atoms with E-state index in [0.29, 0.717) is 26.4 Å². The summed E-state index contributed by atoms with van der Waals surface area (Å²) in [7, 11) is 1.93. The van der Waals surface area contributed by atoms with Gasteiger partial charge in [0.25, 0.3) is 0 Å². The highest BCUT2D eigenvalue weighted by Gasteiger charge is 1.95. The lowest BCUT2D eigenvalue weighted by Gasteiger charge is -2.07. The summed E-state index contributed by atoms with van der Waals surface area (Å²) in [6.45, 7) is 7.50. The normalized spacial score (nSPS) is 11.3. The van der Waals surface area contributed by atoms with Crippen molar-refractivity contribution in [2.75, 3.05) is 53.2 Å². The molecule has 0 heterocycles. The first-order valence-electron chi connectivity index (χ1n) is 11.8. The predicted molar refractivity (Wildman–Crippen MR) is 117 cm³/mol. The zero-order valence-corrected chi connectivity index (χ0v) is 18.6. The Labute approximate surface area is 170 Å². The van der Waals surface area contributed by atoms with Gasteiger partial charge in [0.05, 0.1) is 33.0 Å². The Bertz CT molecular complexity index is 228. The SMILES string of the molecule is CCCCCCCCCCCCCCCCOCCOCCOCCNC. The van der Waals surface area contributed by atoms with Gasteiger partial charge in [0.15, 0.2) is 0 Å². The second kappa shape index (κ2) is 25.8. The summed E-state index contributed by atoms with van der Waals surface area (Å²) >= 11 is 0. The van der Waals surface area contributed by atoms with E-state index in [9.17, 15) is 0 Å². The van der Waals surface area contributed by atoms with Crippen LogP contribution in [0.4, 0.5) is 0 Å². The molecule has 164 valence electrons. The molecule has 0 aromatic heterocycles. The molecule has 0 atom stereocenters. The number of ether oxygens (including phenoxy) is 3. The van der Waals surface area contributed by atoms with Gasteiger partial charge >= 0.3 is 0 Å². The summed E-state index contributed by atoms with van der Waals surface area (Å²) in [6.07, 6.45) is 19.6. The van der Waals surface area contributed by atoms with Crippen molar-refractivity contribution in [1.82, 2.24) is 5.32 Å². The van der Waals surface area contributed by atoms with Crippen molar-refractivity contribution in [2.24, 2.45) is 0 Å². The average molecular weight is 388 g/mol. The first kappa shape index (κ1) is 26.8. The molecule has 4 nitrogen and oxygen atoms in total. The maximum atomic E-state index is 5.61. The van der Waals surface area contributed by atoms with Crippen LogP contribution < -0.4 is 5.32 Å². The van der Waals surface area contributed by atoms with E-state index in [4.69, 9.17) is 14.2 Å². The summed E-state index contributed by atoms with van der Waals surface area (Å²) in [5.74, 6) is 0. The number of hydrogen-bond acceptors (Lipinski definition) is 4. The van der Waals surface area contributed by atoms with Crippen LogP contribution in [0, 0.1) is 0 Å². The molecule has 0 bridgehead atoms. The molecule has 4 heteroatoms. The molecule has 0 amide bonds. The van der Waals surface area contributed by atoms with Crippen LogP contribution in [0.3, 0.4) is 0 Å². The van der Waals surface area contributed by atoms with E-state index in [1.807, 2.05) is 7.05 Å². The van der Waals surface area contributed by atoms with Crippen molar-refractivity contribution in [3.8, 4) is 0 Å². The number of rotatable bonds is 24. The Morgan fingerprint density at radius 2 is 0.815 bits per heavy atom. The van der Waals surface area contributed by atoms with Crippen LogP contribution in [0.15, 0.2) is 0 Å². The van der Waals surface area contributed by atoms with Crippen LogP contribution in [0.1, 0.15) is 96.8 Å². The molecule has 0 saturated carbocycles. The Hall–Kier alpha value is -0.160. The van der Waals surface area contributed by atoms with E-state index >= 15 is 0 Å². The van der Waals surface area contributed by atoms with E-state index < -0.39 is 0 Å². The van der Waals surface area contributed by atoms with Crippen molar-refractivity contribution in [3.63, 3.8) is 0 Å². The van der Waals surface area contributed by atoms with E-state index in [2.05, 4.69) is 12.2 Å². The molecular weight excluding hydrogens is 338 g/mol. The standard InChI is InChI=1S/C23H49NO3/c1-3-4-5-6-7-8-9-10-11-12-13-14-15-16-18-25-20-22-27-23-21-26-19-17-24-2/h24H,3-23H2,1-2H3. The first-order valence-corrected chi connectivity index (χ1v) is 11.8. The quantitative estimate of drug-likeness (QED) is 0.214. The van der Waals surface area contributed by atoms with Gasteiger partial charge in [-0.15, -0.1) is 0 Å². The van der Waals surface area contributed by atoms with Crippen LogP contribution in [0.25, 0.3) is 0 Å². The fraction of sp³-hybridized carbons (Fsp3) is 1.00. The summed E-state index contributed by atoms with van der Waals surface area (Å²) in [6, 6.07) is 0. The maximum Gasteiger partial charge on any atom is 0.0701 e. The number of nitrogens with one attached hydrogen (secondary N) is 1. The van der Waals surface area contributed by atoms with E-state index in [-0.39, 0.29) is 0 Å². The molecule has 0 unspecified atom stereocenters. The minimum atomic E-state index is 0.659. The highest BCUT2D eigenvalue weighted by Crippen LogP contribution is 2.12. The minimum Gasteiger partial charge on any atom is -0.379 e. The highest BCUT2D eigenvalue weighted by atomic mass is 16.5. The summed E-state index contributed by atoms with van der Waals surface area (Å²) in [4.78, 5) is 0. The lowest BCUT2D eigenvalue weighted by Crippen LogP contribution is -2.16. The Morgan fingerprint density at radius 1 is 0.444 bits per heavy atom. The largest absolute Gasteiger partial charge is 0.379 e. The van der Waals surface area contributed by atoms with Gasteiger partial charge in [-0.1, -0.05) is 90.4 Å². The Morgan fingerprint density at radius 3 is 1.26 bits per heavy atom. The van der Waals surface area contributed by atoms with Gasteiger partial charge in [-0.05, 0) is 13.5 Å².